The molecule has 0 bridgehead atoms. The number of benzene rings is 1. The average molecular weight is 406 g/mol. The average Bonchev–Trinajstić information content (AvgIpc) is 3.30. The van der Waals surface area contributed by atoms with Crippen molar-refractivity contribution in [1.29, 1.82) is 0 Å². The fourth-order valence-electron chi connectivity index (χ4n) is 3.82. The topological polar surface area (TPSA) is 76.3 Å². The first kappa shape index (κ1) is 19.9. The molecule has 30 heavy (non-hydrogen) atoms. The molecule has 0 aliphatic carbocycles. The van der Waals surface area contributed by atoms with Crippen molar-refractivity contribution < 1.29 is 4.79 Å². The second-order valence-corrected chi connectivity index (χ2v) is 7.70. The summed E-state index contributed by atoms with van der Waals surface area (Å²) in [6.07, 6.45) is 3.39. The maximum absolute atomic E-state index is 13.1. The largest absolute Gasteiger partial charge is 0.368 e. The van der Waals surface area contributed by atoms with Gasteiger partial charge in [0.25, 0.3) is 5.56 Å². The first-order valence-corrected chi connectivity index (χ1v) is 10.1. The third kappa shape index (κ3) is 3.85. The molecule has 8 heteroatoms. The van der Waals surface area contributed by atoms with Crippen LogP contribution >= 0.6 is 0 Å². The van der Waals surface area contributed by atoms with Gasteiger partial charge in [-0.05, 0) is 50.1 Å². The molecule has 3 aromatic rings. The van der Waals surface area contributed by atoms with Gasteiger partial charge in [-0.1, -0.05) is 12.1 Å². The monoisotopic (exact) mass is 406 g/mol. The molecule has 0 spiro atoms. The zero-order valence-electron chi connectivity index (χ0n) is 17.5. The van der Waals surface area contributed by atoms with Crippen LogP contribution < -0.4 is 10.5 Å². The number of aryl methyl sites for hydroxylation is 2. The van der Waals surface area contributed by atoms with Crippen LogP contribution in [0.25, 0.3) is 5.82 Å². The Labute approximate surface area is 175 Å². The van der Waals surface area contributed by atoms with Crippen molar-refractivity contribution in [1.82, 2.24) is 24.5 Å². The molecule has 3 heterocycles. The van der Waals surface area contributed by atoms with E-state index in [2.05, 4.69) is 47.1 Å². The van der Waals surface area contributed by atoms with E-state index in [1.54, 1.807) is 36.1 Å². The minimum Gasteiger partial charge on any atom is -0.368 e. The number of hydrogen-bond donors (Lipinski definition) is 0. The Kier molecular flexibility index (Phi) is 5.39. The Hall–Kier alpha value is -3.42. The molecule has 1 atom stereocenters. The molecule has 1 aliphatic rings. The smallest absolute Gasteiger partial charge is 0.267 e. The van der Waals surface area contributed by atoms with Crippen molar-refractivity contribution in [3.8, 4) is 5.82 Å². The van der Waals surface area contributed by atoms with Crippen LogP contribution in [0.1, 0.15) is 24.1 Å². The van der Waals surface area contributed by atoms with E-state index in [1.165, 1.54) is 27.6 Å². The maximum atomic E-state index is 13.1. The summed E-state index contributed by atoms with van der Waals surface area (Å²) < 4.78 is 2.81. The molecule has 0 radical (unpaired) electrons. The highest BCUT2D eigenvalue weighted by molar-refractivity contribution is 5.80. The van der Waals surface area contributed by atoms with E-state index in [0.29, 0.717) is 18.9 Å². The predicted octanol–water partition coefficient (Wildman–Crippen LogP) is 1.96. The van der Waals surface area contributed by atoms with E-state index in [-0.39, 0.29) is 11.5 Å². The quantitative estimate of drug-likeness (QED) is 0.662. The minimum absolute atomic E-state index is 0.0946. The lowest BCUT2D eigenvalue weighted by Gasteiger charge is -2.38. The summed E-state index contributed by atoms with van der Waals surface area (Å²) in [6, 6.07) is 10.6. The molecule has 2 aromatic heterocycles. The number of aromatic nitrogens is 4. The van der Waals surface area contributed by atoms with E-state index in [9.17, 15) is 9.59 Å². The van der Waals surface area contributed by atoms with Gasteiger partial charge in [-0.2, -0.15) is 5.10 Å². The molecule has 4 rings (SSSR count). The number of piperazine rings is 1. The third-order valence-electron chi connectivity index (χ3n) is 5.57. The van der Waals surface area contributed by atoms with Crippen LogP contribution in [0.2, 0.25) is 0 Å². The summed E-state index contributed by atoms with van der Waals surface area (Å²) >= 11 is 0. The van der Waals surface area contributed by atoms with Crippen molar-refractivity contribution in [3.05, 3.63) is 70.3 Å². The molecule has 156 valence electrons. The van der Waals surface area contributed by atoms with Crippen molar-refractivity contribution in [2.24, 2.45) is 0 Å². The number of hydrogen-bond acceptors (Lipinski definition) is 5. The lowest BCUT2D eigenvalue weighted by Crippen LogP contribution is -2.51. The number of nitrogens with zero attached hydrogens (tertiary/aromatic N) is 6. The zero-order chi connectivity index (χ0) is 21.3. The van der Waals surface area contributed by atoms with Crippen molar-refractivity contribution in [2.75, 3.05) is 31.1 Å². The molecule has 0 N–H and O–H groups in total. The summed E-state index contributed by atoms with van der Waals surface area (Å²) in [5.41, 5.74) is 3.38. The molecule has 1 aromatic carbocycles. The van der Waals surface area contributed by atoms with Gasteiger partial charge in [-0.15, -0.1) is 5.10 Å². The van der Waals surface area contributed by atoms with Crippen molar-refractivity contribution in [3.63, 3.8) is 0 Å². The minimum atomic E-state index is -0.680. The number of rotatable bonds is 4. The summed E-state index contributed by atoms with van der Waals surface area (Å²) in [5, 5.41) is 8.50. The van der Waals surface area contributed by atoms with E-state index in [0.717, 1.165) is 13.1 Å². The lowest BCUT2D eigenvalue weighted by molar-refractivity contribution is -0.135. The number of amides is 1. The molecule has 0 saturated carbocycles. The highest BCUT2D eigenvalue weighted by Gasteiger charge is 2.27. The fraction of sp³-hybridized carbons (Fsp3) is 0.364. The van der Waals surface area contributed by atoms with Crippen LogP contribution in [0.5, 0.6) is 0 Å². The molecule has 1 unspecified atom stereocenters. The Bertz CT molecular complexity index is 1100. The molecule has 1 amide bonds. The second kappa shape index (κ2) is 8.14. The first-order valence-electron chi connectivity index (χ1n) is 10.1. The van der Waals surface area contributed by atoms with Crippen LogP contribution in [-0.2, 0) is 4.79 Å². The molecular formula is C22H26N6O2. The van der Waals surface area contributed by atoms with Gasteiger partial charge in [0.05, 0.1) is 0 Å². The fourth-order valence-corrected chi connectivity index (χ4v) is 3.82. The van der Waals surface area contributed by atoms with Gasteiger partial charge in [0, 0.05) is 50.3 Å². The highest BCUT2D eigenvalue weighted by atomic mass is 16.2. The van der Waals surface area contributed by atoms with E-state index >= 15 is 0 Å². The SMILES string of the molecule is Cc1ccc(C)c(N2CCN(C(=O)C(C)n3nc(-n4cccn4)ccc3=O)CC2)c1. The van der Waals surface area contributed by atoms with Gasteiger partial charge in [-0.3, -0.25) is 9.59 Å². The van der Waals surface area contributed by atoms with Gasteiger partial charge < -0.3 is 9.80 Å². The highest BCUT2D eigenvalue weighted by Crippen LogP contribution is 2.23. The van der Waals surface area contributed by atoms with Crippen LogP contribution in [0.15, 0.2) is 53.6 Å². The summed E-state index contributed by atoms with van der Waals surface area (Å²) in [6.45, 7) is 8.68. The molecule has 1 fully saturated rings. The molecule has 1 saturated heterocycles. The number of carbonyl (C=O) groups is 1. The first-order chi connectivity index (χ1) is 14.4. The lowest BCUT2D eigenvalue weighted by atomic mass is 10.1. The van der Waals surface area contributed by atoms with Gasteiger partial charge >= 0.3 is 0 Å². The van der Waals surface area contributed by atoms with E-state index < -0.39 is 6.04 Å². The van der Waals surface area contributed by atoms with Gasteiger partial charge in [0.2, 0.25) is 5.91 Å². The standard InChI is InChI=1S/C22H26N6O2/c1-16-5-6-17(2)19(15-16)25-11-13-26(14-12-25)22(30)18(3)28-21(29)8-7-20(24-28)27-10-4-9-23-27/h4-10,15,18H,11-14H2,1-3H3. The second-order valence-electron chi connectivity index (χ2n) is 7.70. The zero-order valence-corrected chi connectivity index (χ0v) is 17.5. The third-order valence-corrected chi connectivity index (χ3v) is 5.57. The number of anilines is 1. The van der Waals surface area contributed by atoms with E-state index in [1.807, 2.05) is 4.90 Å². The van der Waals surface area contributed by atoms with Crippen LogP contribution in [0.3, 0.4) is 0 Å². The van der Waals surface area contributed by atoms with Gasteiger partial charge in [0.15, 0.2) is 5.82 Å². The van der Waals surface area contributed by atoms with Crippen LogP contribution in [-0.4, -0.2) is 56.5 Å². The van der Waals surface area contributed by atoms with Gasteiger partial charge in [-0.25, -0.2) is 9.36 Å². The number of carbonyl (C=O) groups excluding carboxylic acids is 1. The normalized spacial score (nSPS) is 15.3. The Morgan fingerprint density at radius 3 is 2.53 bits per heavy atom. The van der Waals surface area contributed by atoms with Crippen LogP contribution in [0, 0.1) is 13.8 Å². The summed E-state index contributed by atoms with van der Waals surface area (Å²) in [7, 11) is 0. The Balaban J connectivity index is 1.47. The predicted molar refractivity (Wildman–Crippen MR) is 115 cm³/mol. The van der Waals surface area contributed by atoms with Crippen LogP contribution in [0.4, 0.5) is 5.69 Å². The summed E-state index contributed by atoms with van der Waals surface area (Å²) in [4.78, 5) is 29.6. The summed E-state index contributed by atoms with van der Waals surface area (Å²) in [5.74, 6) is 0.404. The molecular weight excluding hydrogens is 380 g/mol. The Morgan fingerprint density at radius 1 is 1.07 bits per heavy atom. The maximum Gasteiger partial charge on any atom is 0.267 e. The molecule has 8 nitrogen and oxygen atoms in total. The van der Waals surface area contributed by atoms with Crippen molar-refractivity contribution >= 4 is 11.6 Å². The van der Waals surface area contributed by atoms with E-state index in [4.69, 9.17) is 0 Å². The Morgan fingerprint density at radius 2 is 1.83 bits per heavy atom. The van der Waals surface area contributed by atoms with Gasteiger partial charge in [0.1, 0.15) is 6.04 Å². The van der Waals surface area contributed by atoms with Crippen molar-refractivity contribution in [2.45, 2.75) is 26.8 Å². The molecule has 1 aliphatic heterocycles.